The number of aromatic amines is 1. The Morgan fingerprint density at radius 3 is 1.74 bits per heavy atom. The number of aromatic nitrogens is 1. The topological polar surface area (TPSA) is 228 Å². The van der Waals surface area contributed by atoms with E-state index in [1.54, 1.807) is 14.2 Å². The van der Waals surface area contributed by atoms with Crippen LogP contribution in [0.3, 0.4) is 0 Å². The number of anilines is 2. The fourth-order valence-corrected chi connectivity index (χ4v) is 22.1. The molecule has 5 N–H and O–H groups in total. The van der Waals surface area contributed by atoms with Crippen LogP contribution in [-0.2, 0) is 60.8 Å². The molecule has 4 aromatic rings. The summed E-state index contributed by atoms with van der Waals surface area (Å²) in [6.45, 7) is 15.0. The number of benzene rings is 3. The van der Waals surface area contributed by atoms with Crippen molar-refractivity contribution in [2.24, 2.45) is 28.6 Å². The molecule has 99 heavy (non-hydrogen) atoms. The number of rotatable bonds is 15. The lowest BCUT2D eigenvalue weighted by Crippen LogP contribution is -2.81. The second-order valence-electron chi connectivity index (χ2n) is 30.6. The predicted octanol–water partition coefficient (Wildman–Crippen LogP) is 8.42. The molecule has 534 valence electrons. The van der Waals surface area contributed by atoms with Gasteiger partial charge in [0.05, 0.1) is 46.5 Å². The Kier molecular flexibility index (Phi) is 18.0. The Labute approximate surface area is 584 Å². The zero-order valence-corrected chi connectivity index (χ0v) is 58.1. The molecule has 16 rings (SSSR count). The first kappa shape index (κ1) is 70.2. The molecule has 20 nitrogen and oxygen atoms in total. The van der Waals surface area contributed by atoms with Gasteiger partial charge in [0.15, 0.2) is 0 Å². The first-order chi connectivity index (χ1) is 46.6. The summed E-state index contributed by atoms with van der Waals surface area (Å²) in [5.41, 5.74) is 2.14. The minimum Gasteiger partial charge on any atom is -0.497 e. The third kappa shape index (κ3) is 10.1. The maximum Gasteiger partial charge on any atom is 0.322 e. The number of ether oxygens (including phenoxy) is 5. The fraction of sp³-hybridized carbons (Fsp3) is 0.608. The fourth-order valence-electron chi connectivity index (χ4n) is 22.1. The number of nitrogens with zero attached hydrogens (tertiary/aromatic N) is 5. The van der Waals surface area contributed by atoms with Gasteiger partial charge in [-0.25, -0.2) is 0 Å². The van der Waals surface area contributed by atoms with Gasteiger partial charge in [-0.15, -0.1) is 0 Å². The van der Waals surface area contributed by atoms with E-state index < -0.39 is 74.5 Å². The Balaban J connectivity index is 0.000000198. The maximum atomic E-state index is 15.4. The average Bonchev–Trinajstić information content (AvgIpc) is 1.51. The summed E-state index contributed by atoms with van der Waals surface area (Å²) in [6.07, 6.45) is 17.8. The molecule has 9 heterocycles. The number of para-hydroxylation sites is 1. The largest absolute Gasteiger partial charge is 0.497 e. The summed E-state index contributed by atoms with van der Waals surface area (Å²) in [4.78, 5) is 83.1. The van der Waals surface area contributed by atoms with Crippen LogP contribution in [0, 0.1) is 28.6 Å². The molecule has 4 saturated carbocycles. The molecule has 15 atom stereocenters. The van der Waals surface area contributed by atoms with E-state index in [-0.39, 0.29) is 75.6 Å². The van der Waals surface area contributed by atoms with E-state index in [0.717, 1.165) is 141 Å². The van der Waals surface area contributed by atoms with Crippen molar-refractivity contribution in [3.63, 3.8) is 0 Å². The minimum atomic E-state index is -1.71. The van der Waals surface area contributed by atoms with Crippen molar-refractivity contribution in [3.05, 3.63) is 118 Å². The number of fused-ring (bicyclic) bond motifs is 7. The average molecular weight is 1360 g/mol. The van der Waals surface area contributed by atoms with Gasteiger partial charge in [0.1, 0.15) is 40.3 Å². The second kappa shape index (κ2) is 25.4. The number of nitrogens with one attached hydrogen (secondary N) is 3. The van der Waals surface area contributed by atoms with Crippen LogP contribution in [0.1, 0.15) is 142 Å². The number of amides is 2. The molecule has 0 radical (unpaired) electrons. The van der Waals surface area contributed by atoms with Crippen molar-refractivity contribution >= 4 is 52.0 Å². The Morgan fingerprint density at radius 1 is 0.667 bits per heavy atom. The molecule has 4 aliphatic carbocycles. The van der Waals surface area contributed by atoms with Gasteiger partial charge < -0.3 is 59.3 Å². The standard InChI is InChI=1S/C49H61N5O7.C28H37N3O5.2CH4/c1-7-30-22-31-25-48(45(57)60-6,40-34(16-20-53(26-30)27-31)33-12-9-10-13-37(33)51-40)36-23-35-38(24-39(36)59-5)52(4)43-47(35)18-21-54-19-11-17-46(8-2,42(47)54)44(61-29(3)55)49(43,58)28-50-41(56)32-14-15-32;1-5-26-11-6-13-31-14-12-27(23(26)31)20-10-9-19(35-4)15-21(20)30(3)24(27)28(34,25(26)36-17(2)32)16-29-22(33)18-7-8-18;;/h9-13,17,22-24,31-32,42-44,51,58H,7-8,14-16,18-21,25-28H2,1-6H3,(H,50,56);6,9-11,15,18,23-25,34H,5,7-8,12-14,16H2,1-4H3,(H,29,33);2*1H4/t31-,42?,43+,44+,46+,47+,48-,49-;23?,24-,25-,26-,27-,28+;;/m01../s1. The summed E-state index contributed by atoms with van der Waals surface area (Å²) in [7, 11) is 8.84. The van der Waals surface area contributed by atoms with E-state index in [1.165, 1.54) is 32.1 Å². The van der Waals surface area contributed by atoms with E-state index in [9.17, 15) is 29.4 Å². The van der Waals surface area contributed by atoms with E-state index in [2.05, 4.69) is 128 Å². The van der Waals surface area contributed by atoms with Crippen LogP contribution in [0.15, 0.2) is 90.6 Å². The number of carbonyl (C=O) groups excluding carboxylic acids is 5. The second-order valence-corrected chi connectivity index (χ2v) is 30.6. The quantitative estimate of drug-likeness (QED) is 0.0427. The highest BCUT2D eigenvalue weighted by Gasteiger charge is 2.80. The maximum absolute atomic E-state index is 15.4. The molecule has 2 bridgehead atoms. The van der Waals surface area contributed by atoms with Gasteiger partial charge >= 0.3 is 17.9 Å². The molecule has 2 amide bonds. The van der Waals surface area contributed by atoms with Crippen molar-refractivity contribution in [2.45, 2.75) is 184 Å². The first-order valence-corrected chi connectivity index (χ1v) is 35.8. The molecule has 2 saturated heterocycles. The monoisotopic (exact) mass is 1360 g/mol. The SMILES string of the molecule is C.C.CCC1=C[C@@H]2CN(CCc3c([nH]c4ccccc34)[C@@](C(=O)OC)(c3cc4c(cc3OC)N(C)[C@H]3[C@@](O)(CNC(=O)C5CC5)[C@H](OC(C)=O)[C@]5(CC)C=CCN6CC[C@]43C65)C2)C1.CC[C@]12C=CCN3CC[C@@]4(c5ccc(OC)cc5N(C)[C@H]4[C@@](O)(CNC(=O)C4CC4)[C@@H]1OC(C)=O)C32. The Hall–Kier alpha value is -7.23. The van der Waals surface area contributed by atoms with Crippen molar-refractivity contribution < 1.29 is 57.9 Å². The summed E-state index contributed by atoms with van der Waals surface area (Å²) in [6, 6.07) is 17.7. The molecule has 3 aromatic carbocycles. The van der Waals surface area contributed by atoms with Crippen molar-refractivity contribution in [1.82, 2.24) is 30.3 Å². The van der Waals surface area contributed by atoms with E-state index in [1.807, 2.05) is 32.3 Å². The van der Waals surface area contributed by atoms with Crippen LogP contribution in [0.4, 0.5) is 11.4 Å². The molecule has 3 unspecified atom stereocenters. The minimum absolute atomic E-state index is 0. The van der Waals surface area contributed by atoms with Crippen LogP contribution in [0.25, 0.3) is 10.9 Å². The molecule has 12 aliphatic rings. The number of methoxy groups -OCH3 is 3. The van der Waals surface area contributed by atoms with E-state index in [4.69, 9.17) is 23.7 Å². The third-order valence-electron chi connectivity index (χ3n) is 25.9. The van der Waals surface area contributed by atoms with Crippen LogP contribution in [0.2, 0.25) is 0 Å². The van der Waals surface area contributed by atoms with E-state index in [0.29, 0.717) is 31.4 Å². The normalized spacial score (nSPS) is 35.4. The van der Waals surface area contributed by atoms with Crippen molar-refractivity contribution in [1.29, 1.82) is 0 Å². The lowest BCUT2D eigenvalue weighted by Gasteiger charge is -2.64. The molecule has 2 spiro atoms. The van der Waals surface area contributed by atoms with Gasteiger partial charge in [-0.1, -0.05) is 95.8 Å². The zero-order chi connectivity index (χ0) is 68.1. The number of esters is 3. The van der Waals surface area contributed by atoms with Gasteiger partial charge in [0, 0.05) is 152 Å². The number of aliphatic hydroxyl groups is 2. The summed E-state index contributed by atoms with van der Waals surface area (Å²) >= 11 is 0. The summed E-state index contributed by atoms with van der Waals surface area (Å²) in [5.74, 6) is -0.0362. The molecule has 20 heteroatoms. The Bertz CT molecular complexity index is 3970. The molecule has 1 aromatic heterocycles. The summed E-state index contributed by atoms with van der Waals surface area (Å²) in [5, 5.41) is 34.0. The summed E-state index contributed by atoms with van der Waals surface area (Å²) < 4.78 is 30.6. The van der Waals surface area contributed by atoms with Crippen molar-refractivity contribution in [3.8, 4) is 11.5 Å². The van der Waals surface area contributed by atoms with Gasteiger partial charge in [-0.2, -0.15) is 0 Å². The number of carbonyl (C=O) groups is 5. The lowest BCUT2D eigenvalue weighted by molar-refractivity contribution is -0.217. The van der Waals surface area contributed by atoms with E-state index >= 15 is 4.79 Å². The highest BCUT2D eigenvalue weighted by Crippen LogP contribution is 2.70. The number of H-pyrrole nitrogens is 1. The van der Waals surface area contributed by atoms with Crippen LogP contribution in [0.5, 0.6) is 11.5 Å². The molecular formula is C79H106N8O12. The van der Waals surface area contributed by atoms with Crippen LogP contribution in [-0.4, -0.2) is 202 Å². The highest BCUT2D eigenvalue weighted by atomic mass is 16.6. The van der Waals surface area contributed by atoms with Gasteiger partial charge in [-0.05, 0) is 125 Å². The smallest absolute Gasteiger partial charge is 0.322 e. The van der Waals surface area contributed by atoms with Crippen LogP contribution < -0.4 is 29.9 Å². The predicted molar refractivity (Wildman–Crippen MR) is 381 cm³/mol. The third-order valence-corrected chi connectivity index (χ3v) is 25.9. The first-order valence-electron chi connectivity index (χ1n) is 35.8. The van der Waals surface area contributed by atoms with Gasteiger partial charge in [0.2, 0.25) is 11.8 Å². The number of hydrogen-bond acceptors (Lipinski definition) is 17. The molecular weight excluding hydrogens is 1250 g/mol. The molecule has 6 fully saturated rings. The van der Waals surface area contributed by atoms with Gasteiger partial charge in [0.25, 0.3) is 0 Å². The number of hydrogen-bond donors (Lipinski definition) is 5. The zero-order valence-electron chi connectivity index (χ0n) is 58.1. The molecule has 8 aliphatic heterocycles. The van der Waals surface area contributed by atoms with Crippen molar-refractivity contribution in [2.75, 3.05) is 104 Å². The highest BCUT2D eigenvalue weighted by molar-refractivity contribution is 5.95. The van der Waals surface area contributed by atoms with Gasteiger partial charge in [-0.3, -0.25) is 38.7 Å². The van der Waals surface area contributed by atoms with Crippen LogP contribution >= 0.6 is 0 Å². The lowest BCUT2D eigenvalue weighted by atomic mass is 9.47. The number of likely N-dealkylation sites (N-methyl/N-ethyl adjacent to an activating group) is 2. The Morgan fingerprint density at radius 2 is 1.22 bits per heavy atom.